The van der Waals surface area contributed by atoms with E-state index in [-0.39, 0.29) is 17.9 Å². The SMILES string of the molecule is CCOC(=O)C1(CC2CC(c3ccc(F)cc3)=NO2)CCN(CC2CCOC2)CC1. The highest BCUT2D eigenvalue weighted by molar-refractivity contribution is 6.01. The normalized spacial score (nSPS) is 26.3. The second kappa shape index (κ2) is 9.43. The number of ether oxygens (including phenoxy) is 2. The summed E-state index contributed by atoms with van der Waals surface area (Å²) in [5, 5.41) is 4.22. The van der Waals surface area contributed by atoms with Gasteiger partial charge in [-0.25, -0.2) is 4.39 Å². The summed E-state index contributed by atoms with van der Waals surface area (Å²) in [5.41, 5.74) is 1.13. The predicted molar refractivity (Wildman–Crippen MR) is 111 cm³/mol. The minimum atomic E-state index is -0.531. The third-order valence-electron chi connectivity index (χ3n) is 6.59. The van der Waals surface area contributed by atoms with E-state index in [9.17, 15) is 9.18 Å². The number of halogens is 1. The van der Waals surface area contributed by atoms with Crippen LogP contribution in [0.15, 0.2) is 29.4 Å². The number of carbonyl (C=O) groups excluding carboxylic acids is 1. The van der Waals surface area contributed by atoms with E-state index in [1.807, 2.05) is 6.92 Å². The van der Waals surface area contributed by atoms with E-state index in [4.69, 9.17) is 14.3 Å². The molecule has 1 aromatic rings. The molecule has 2 fully saturated rings. The van der Waals surface area contributed by atoms with Gasteiger partial charge in [-0.3, -0.25) is 4.79 Å². The Morgan fingerprint density at radius 1 is 1.30 bits per heavy atom. The maximum Gasteiger partial charge on any atom is 0.312 e. The molecule has 0 amide bonds. The summed E-state index contributed by atoms with van der Waals surface area (Å²) in [7, 11) is 0. The fourth-order valence-electron chi connectivity index (χ4n) is 4.82. The van der Waals surface area contributed by atoms with Crippen molar-refractivity contribution in [2.45, 2.75) is 45.1 Å². The lowest BCUT2D eigenvalue weighted by Crippen LogP contribution is -2.47. The molecule has 3 heterocycles. The van der Waals surface area contributed by atoms with Crippen LogP contribution in [0.1, 0.15) is 44.6 Å². The predicted octanol–water partition coefficient (Wildman–Crippen LogP) is 3.39. The number of nitrogens with zero attached hydrogens (tertiary/aromatic N) is 2. The van der Waals surface area contributed by atoms with Crippen molar-refractivity contribution in [1.82, 2.24) is 4.90 Å². The molecule has 3 aliphatic rings. The number of hydrogen-bond donors (Lipinski definition) is 0. The number of likely N-dealkylation sites (tertiary alicyclic amines) is 1. The van der Waals surface area contributed by atoms with E-state index in [0.29, 0.717) is 25.4 Å². The number of carbonyl (C=O) groups is 1. The van der Waals surface area contributed by atoms with Crippen LogP contribution in [0.5, 0.6) is 0 Å². The van der Waals surface area contributed by atoms with E-state index in [0.717, 1.165) is 63.4 Å². The molecule has 0 bridgehead atoms. The summed E-state index contributed by atoms with van der Waals surface area (Å²) in [5.74, 6) is 0.213. The van der Waals surface area contributed by atoms with Crippen LogP contribution in [0, 0.1) is 17.2 Å². The van der Waals surface area contributed by atoms with Crippen LogP contribution in [0.3, 0.4) is 0 Å². The van der Waals surface area contributed by atoms with Gasteiger partial charge in [0.05, 0.1) is 24.3 Å². The first kappa shape index (κ1) is 21.2. The number of piperidine rings is 1. The molecule has 3 aliphatic heterocycles. The third-order valence-corrected chi connectivity index (χ3v) is 6.59. The Balaban J connectivity index is 1.37. The molecule has 30 heavy (non-hydrogen) atoms. The van der Waals surface area contributed by atoms with Crippen LogP contribution in [0.4, 0.5) is 4.39 Å². The van der Waals surface area contributed by atoms with Crippen molar-refractivity contribution in [3.05, 3.63) is 35.6 Å². The molecule has 0 N–H and O–H groups in total. The minimum Gasteiger partial charge on any atom is -0.466 e. The van der Waals surface area contributed by atoms with Gasteiger partial charge in [-0.15, -0.1) is 0 Å². The van der Waals surface area contributed by atoms with Gasteiger partial charge in [-0.05, 0) is 62.9 Å². The van der Waals surface area contributed by atoms with Crippen molar-refractivity contribution in [2.24, 2.45) is 16.5 Å². The largest absolute Gasteiger partial charge is 0.466 e. The van der Waals surface area contributed by atoms with E-state index in [2.05, 4.69) is 10.1 Å². The second-order valence-corrected chi connectivity index (χ2v) is 8.71. The summed E-state index contributed by atoms with van der Waals surface area (Å²) in [6.45, 7) is 6.74. The lowest BCUT2D eigenvalue weighted by atomic mass is 9.73. The molecule has 6 nitrogen and oxygen atoms in total. The Morgan fingerprint density at radius 3 is 2.73 bits per heavy atom. The van der Waals surface area contributed by atoms with E-state index >= 15 is 0 Å². The fourth-order valence-corrected chi connectivity index (χ4v) is 4.82. The average molecular weight is 419 g/mol. The van der Waals surface area contributed by atoms with E-state index < -0.39 is 5.41 Å². The van der Waals surface area contributed by atoms with Gasteiger partial charge < -0.3 is 19.2 Å². The first-order valence-corrected chi connectivity index (χ1v) is 11.0. The van der Waals surface area contributed by atoms with Crippen LogP contribution in [0.2, 0.25) is 0 Å². The maximum atomic E-state index is 13.2. The van der Waals surface area contributed by atoms with Crippen LogP contribution in [-0.2, 0) is 19.1 Å². The quantitative estimate of drug-likeness (QED) is 0.636. The number of benzene rings is 1. The summed E-state index contributed by atoms with van der Waals surface area (Å²) in [6, 6.07) is 6.28. The molecule has 1 aromatic carbocycles. The number of oxime groups is 1. The molecular formula is C23H31FN2O4. The highest BCUT2D eigenvalue weighted by atomic mass is 19.1. The number of hydrogen-bond acceptors (Lipinski definition) is 6. The molecule has 7 heteroatoms. The zero-order valence-corrected chi connectivity index (χ0v) is 17.6. The van der Waals surface area contributed by atoms with Gasteiger partial charge in [0.15, 0.2) is 0 Å². The van der Waals surface area contributed by atoms with Gasteiger partial charge in [0.1, 0.15) is 11.9 Å². The molecule has 2 unspecified atom stereocenters. The Labute approximate surface area is 177 Å². The highest BCUT2D eigenvalue weighted by Gasteiger charge is 2.46. The summed E-state index contributed by atoms with van der Waals surface area (Å²) in [6.07, 6.45) is 3.72. The summed E-state index contributed by atoms with van der Waals surface area (Å²) >= 11 is 0. The number of rotatable bonds is 7. The molecule has 2 saturated heterocycles. The van der Waals surface area contributed by atoms with Gasteiger partial charge in [0, 0.05) is 26.0 Å². The third kappa shape index (κ3) is 4.83. The highest BCUT2D eigenvalue weighted by Crippen LogP contribution is 2.40. The van der Waals surface area contributed by atoms with Gasteiger partial charge in [0.2, 0.25) is 0 Å². The monoisotopic (exact) mass is 418 g/mol. The van der Waals surface area contributed by atoms with Crippen molar-refractivity contribution in [2.75, 3.05) is 39.5 Å². The average Bonchev–Trinajstić information content (AvgIpc) is 3.42. The smallest absolute Gasteiger partial charge is 0.312 e. The topological polar surface area (TPSA) is 60.4 Å². The van der Waals surface area contributed by atoms with Crippen molar-refractivity contribution < 1.29 is 23.5 Å². The standard InChI is InChI=1S/C23H31FN2O4/c1-2-29-22(27)23(8-10-26(11-9-23)15-17-7-12-28-16-17)14-20-13-21(25-30-20)18-3-5-19(24)6-4-18/h3-6,17,20H,2,7-16H2,1H3. The van der Waals surface area contributed by atoms with Crippen molar-refractivity contribution >= 4 is 11.7 Å². The molecule has 0 saturated carbocycles. The number of esters is 1. The van der Waals surface area contributed by atoms with Crippen molar-refractivity contribution in [3.8, 4) is 0 Å². The Kier molecular flexibility index (Phi) is 6.68. The zero-order chi connectivity index (χ0) is 21.0. The molecule has 0 spiro atoms. The lowest BCUT2D eigenvalue weighted by Gasteiger charge is -2.41. The molecule has 2 atom stereocenters. The molecule has 0 radical (unpaired) electrons. The van der Waals surface area contributed by atoms with E-state index in [1.165, 1.54) is 12.1 Å². The van der Waals surface area contributed by atoms with Crippen molar-refractivity contribution in [1.29, 1.82) is 0 Å². The zero-order valence-electron chi connectivity index (χ0n) is 17.6. The molecule has 164 valence electrons. The Bertz CT molecular complexity index is 753. The second-order valence-electron chi connectivity index (χ2n) is 8.71. The molecule has 4 rings (SSSR count). The Morgan fingerprint density at radius 2 is 2.07 bits per heavy atom. The summed E-state index contributed by atoms with van der Waals surface area (Å²) in [4.78, 5) is 21.1. The minimum absolute atomic E-state index is 0.118. The first-order chi connectivity index (χ1) is 14.6. The fraction of sp³-hybridized carbons (Fsp3) is 0.652. The lowest BCUT2D eigenvalue weighted by molar-refractivity contribution is -0.161. The van der Waals surface area contributed by atoms with Crippen LogP contribution >= 0.6 is 0 Å². The van der Waals surface area contributed by atoms with Crippen LogP contribution < -0.4 is 0 Å². The van der Waals surface area contributed by atoms with Gasteiger partial charge in [0.25, 0.3) is 0 Å². The van der Waals surface area contributed by atoms with E-state index in [1.54, 1.807) is 12.1 Å². The van der Waals surface area contributed by atoms with Gasteiger partial charge in [-0.2, -0.15) is 0 Å². The van der Waals surface area contributed by atoms with Gasteiger partial charge in [-0.1, -0.05) is 17.3 Å². The molecular weight excluding hydrogens is 387 g/mol. The Hall–Kier alpha value is -1.99. The van der Waals surface area contributed by atoms with Crippen LogP contribution in [0.25, 0.3) is 0 Å². The summed E-state index contributed by atoms with van der Waals surface area (Å²) < 4.78 is 24.2. The molecule has 0 aromatic heterocycles. The van der Waals surface area contributed by atoms with Crippen molar-refractivity contribution in [3.63, 3.8) is 0 Å². The van der Waals surface area contributed by atoms with Crippen LogP contribution in [-0.4, -0.2) is 62.1 Å². The maximum absolute atomic E-state index is 13.2. The first-order valence-electron chi connectivity index (χ1n) is 11.0. The molecule has 0 aliphatic carbocycles. The van der Waals surface area contributed by atoms with Gasteiger partial charge >= 0.3 is 5.97 Å².